The fraction of sp³-hybridized carbons (Fsp3) is 0.429. The molecule has 0 saturated carbocycles. The third-order valence-corrected chi connectivity index (χ3v) is 14.3. The number of rotatable bonds is 6. The number of aryl methyl sites for hydroxylation is 2. The van der Waals surface area contributed by atoms with Gasteiger partial charge in [0.15, 0.2) is 12.9 Å². The van der Waals surface area contributed by atoms with Crippen molar-refractivity contribution < 1.29 is 26.1 Å². The third-order valence-electron chi connectivity index (χ3n) is 7.03. The average molecular weight is 729 g/mol. The van der Waals surface area contributed by atoms with E-state index in [1.165, 1.54) is 43.8 Å². The number of hydrogen-bond acceptors (Lipinski definition) is 12. The highest BCUT2D eigenvalue weighted by molar-refractivity contribution is 7.91. The number of nitrogens with zero attached hydrogens (tertiary/aromatic N) is 6. The predicted octanol–water partition coefficient (Wildman–Crippen LogP) is 4.50. The zero-order valence-corrected chi connectivity index (χ0v) is 31.4. The van der Waals surface area contributed by atoms with Crippen LogP contribution in [0.4, 0.5) is 0 Å². The molecule has 0 radical (unpaired) electrons. The van der Waals surface area contributed by atoms with Gasteiger partial charge in [0.25, 0.3) is 20.0 Å². The molecular weight excluding hydrogens is 691 g/mol. The van der Waals surface area contributed by atoms with Crippen molar-refractivity contribution in [1.82, 2.24) is 28.5 Å². The van der Waals surface area contributed by atoms with Gasteiger partial charge >= 0.3 is 7.12 Å². The Balaban J connectivity index is 0.000000191. The summed E-state index contributed by atoms with van der Waals surface area (Å²) in [5.74, 6) is 0. The van der Waals surface area contributed by atoms with E-state index in [1.807, 2.05) is 45.9 Å². The van der Waals surface area contributed by atoms with Crippen molar-refractivity contribution in [3.05, 3.63) is 64.9 Å². The molecule has 0 spiro atoms. The average Bonchev–Trinajstić information content (AvgIpc) is 3.61. The summed E-state index contributed by atoms with van der Waals surface area (Å²) in [6.45, 7) is 11.5. The molecule has 0 unspecified atom stereocenters. The van der Waals surface area contributed by atoms with Crippen LogP contribution in [0, 0.1) is 13.8 Å². The molecule has 250 valence electrons. The van der Waals surface area contributed by atoms with E-state index in [4.69, 9.17) is 20.9 Å². The summed E-state index contributed by atoms with van der Waals surface area (Å²) in [5, 5.41) is 0.668. The van der Waals surface area contributed by atoms with Gasteiger partial charge in [0, 0.05) is 64.0 Å². The smallest absolute Gasteiger partial charge is 0.399 e. The van der Waals surface area contributed by atoms with Gasteiger partial charge in [-0.15, -0.1) is 11.3 Å². The highest BCUT2D eigenvalue weighted by Crippen LogP contribution is 2.36. The molecule has 12 nitrogen and oxygen atoms in total. The molecule has 5 heterocycles. The first-order valence-electron chi connectivity index (χ1n) is 13.8. The largest absolute Gasteiger partial charge is 0.496 e. The van der Waals surface area contributed by atoms with E-state index in [9.17, 15) is 16.8 Å². The second-order valence-electron chi connectivity index (χ2n) is 11.4. The molecule has 5 rings (SSSR count). The second-order valence-corrected chi connectivity index (χ2v) is 18.7. The van der Waals surface area contributed by atoms with Crippen LogP contribution in [-0.2, 0) is 29.4 Å². The molecule has 0 atom stereocenters. The lowest BCUT2D eigenvalue weighted by atomic mass is 9.80. The number of aromatic nitrogens is 4. The molecule has 1 fully saturated rings. The van der Waals surface area contributed by atoms with Crippen molar-refractivity contribution in [2.75, 3.05) is 28.2 Å². The van der Waals surface area contributed by atoms with E-state index in [2.05, 4.69) is 19.9 Å². The Kier molecular flexibility index (Phi) is 12.3. The lowest BCUT2D eigenvalue weighted by Crippen LogP contribution is -2.41. The number of thiazole rings is 2. The van der Waals surface area contributed by atoms with Gasteiger partial charge in [-0.05, 0) is 59.7 Å². The van der Waals surface area contributed by atoms with E-state index < -0.39 is 20.0 Å². The van der Waals surface area contributed by atoms with Crippen LogP contribution in [0.2, 0.25) is 4.47 Å². The zero-order chi connectivity index (χ0) is 34.7. The Morgan fingerprint density at radius 1 is 0.761 bits per heavy atom. The summed E-state index contributed by atoms with van der Waals surface area (Å²) in [5.41, 5.74) is 2.19. The SMILES string of the molecule is CC1(C)OB(c2cccnc2)OC1(C)C.Cc1nc(-c2cccnc2)sc1S(=O)(=O)N(C)C.Cc1nc(Cl)sc1S(=O)(=O)N(C)C. The van der Waals surface area contributed by atoms with E-state index in [-0.39, 0.29) is 31.2 Å². The lowest BCUT2D eigenvalue weighted by molar-refractivity contribution is 0.00578. The minimum absolute atomic E-state index is 0.211. The van der Waals surface area contributed by atoms with Crippen LogP contribution < -0.4 is 5.46 Å². The number of sulfonamides is 2. The maximum atomic E-state index is 12.1. The summed E-state index contributed by atoms with van der Waals surface area (Å²) in [4.78, 5) is 16.2. The zero-order valence-electron chi connectivity index (χ0n) is 27.3. The van der Waals surface area contributed by atoms with Crippen LogP contribution in [0.1, 0.15) is 39.1 Å². The minimum atomic E-state index is -3.43. The highest BCUT2D eigenvalue weighted by Gasteiger charge is 2.51. The lowest BCUT2D eigenvalue weighted by Gasteiger charge is -2.32. The van der Waals surface area contributed by atoms with E-state index in [0.717, 1.165) is 26.7 Å². The first kappa shape index (κ1) is 38.1. The maximum absolute atomic E-state index is 12.1. The number of pyridine rings is 2. The molecule has 0 aromatic carbocycles. The van der Waals surface area contributed by atoms with Crippen molar-refractivity contribution in [1.29, 1.82) is 0 Å². The fourth-order valence-corrected chi connectivity index (χ4v) is 9.18. The fourth-order valence-electron chi connectivity index (χ4n) is 3.65. The molecule has 1 aliphatic heterocycles. The Labute approximate surface area is 285 Å². The molecule has 4 aromatic heterocycles. The molecule has 0 N–H and O–H groups in total. The Hall–Kier alpha value is -2.35. The van der Waals surface area contributed by atoms with E-state index in [0.29, 0.717) is 16.4 Å². The minimum Gasteiger partial charge on any atom is -0.399 e. The molecule has 0 aliphatic carbocycles. The van der Waals surface area contributed by atoms with E-state index >= 15 is 0 Å². The van der Waals surface area contributed by atoms with Crippen LogP contribution in [0.25, 0.3) is 10.6 Å². The summed E-state index contributed by atoms with van der Waals surface area (Å²) >= 11 is 7.74. The van der Waals surface area contributed by atoms with Gasteiger partial charge in [0.2, 0.25) is 0 Å². The molecule has 1 saturated heterocycles. The van der Waals surface area contributed by atoms with Crippen molar-refractivity contribution in [2.24, 2.45) is 0 Å². The Morgan fingerprint density at radius 2 is 1.24 bits per heavy atom. The predicted molar refractivity (Wildman–Crippen MR) is 184 cm³/mol. The van der Waals surface area contributed by atoms with Gasteiger partial charge in [-0.3, -0.25) is 9.97 Å². The summed E-state index contributed by atoms with van der Waals surface area (Å²) in [6, 6.07) is 7.51. The van der Waals surface area contributed by atoms with Crippen LogP contribution >= 0.6 is 34.3 Å². The van der Waals surface area contributed by atoms with Crippen molar-refractivity contribution in [3.63, 3.8) is 0 Å². The normalized spacial score (nSPS) is 15.7. The van der Waals surface area contributed by atoms with Gasteiger partial charge in [0.1, 0.15) is 5.01 Å². The summed E-state index contributed by atoms with van der Waals surface area (Å²) in [7, 11) is -1.14. The molecule has 4 aromatic rings. The van der Waals surface area contributed by atoms with Crippen LogP contribution in [-0.4, -0.2) is 91.9 Å². The van der Waals surface area contributed by atoms with Crippen LogP contribution in [0.15, 0.2) is 57.5 Å². The van der Waals surface area contributed by atoms with Crippen molar-refractivity contribution >= 4 is 66.9 Å². The molecule has 0 amide bonds. The van der Waals surface area contributed by atoms with Gasteiger partial charge in [-0.2, -0.15) is 0 Å². The summed E-state index contributed by atoms with van der Waals surface area (Å²) in [6.07, 6.45) is 6.86. The Morgan fingerprint density at radius 3 is 1.65 bits per heavy atom. The van der Waals surface area contributed by atoms with Gasteiger partial charge in [-0.25, -0.2) is 35.4 Å². The topological polar surface area (TPSA) is 145 Å². The highest BCUT2D eigenvalue weighted by atomic mass is 35.5. The first-order valence-corrected chi connectivity index (χ1v) is 18.7. The van der Waals surface area contributed by atoms with Gasteiger partial charge in [-0.1, -0.05) is 29.0 Å². The van der Waals surface area contributed by atoms with Crippen LogP contribution in [0.5, 0.6) is 0 Å². The first-order chi connectivity index (χ1) is 21.2. The number of halogens is 1. The number of hydrogen-bond donors (Lipinski definition) is 0. The third kappa shape index (κ3) is 8.76. The molecule has 18 heteroatoms. The van der Waals surface area contributed by atoms with E-state index in [1.54, 1.807) is 44.7 Å². The molecule has 46 heavy (non-hydrogen) atoms. The van der Waals surface area contributed by atoms with Crippen molar-refractivity contribution in [3.8, 4) is 10.6 Å². The van der Waals surface area contributed by atoms with Gasteiger partial charge < -0.3 is 9.31 Å². The Bertz CT molecular complexity index is 1820. The summed E-state index contributed by atoms with van der Waals surface area (Å²) < 4.78 is 62.2. The molecular formula is C28H38BClN6O6S4. The maximum Gasteiger partial charge on any atom is 0.496 e. The van der Waals surface area contributed by atoms with Crippen LogP contribution in [0.3, 0.4) is 0 Å². The van der Waals surface area contributed by atoms with Crippen molar-refractivity contribution in [2.45, 2.75) is 61.2 Å². The standard InChI is InChI=1S/C11H16BNO2.C11H13N3O2S2.C6H9ClN2O2S2/c1-10(2)11(3,4)15-12(14-10)9-6-5-7-13-8-9;1-8-11(18(15,16)14(2)3)17-10(13-8)9-5-4-6-12-7-9;1-4-5(12-6(7)8-4)13(10,11)9(2)3/h5-8H,1-4H3;4-7H,1-3H3;1-3H3. The quantitative estimate of drug-likeness (QED) is 0.260. The monoisotopic (exact) mass is 728 g/mol. The second kappa shape index (κ2) is 14.8. The molecule has 0 bridgehead atoms. The molecule has 1 aliphatic rings. The van der Waals surface area contributed by atoms with Gasteiger partial charge in [0.05, 0.1) is 22.6 Å².